The Balaban J connectivity index is 2.96. The third-order valence-corrected chi connectivity index (χ3v) is 2.57. The molecule has 0 saturated carbocycles. The number of rotatable bonds is 6. The van der Waals surface area contributed by atoms with Crippen LogP contribution in [0, 0.1) is 10.1 Å². The molecule has 1 aromatic carbocycles. The second kappa shape index (κ2) is 7.98. The van der Waals surface area contributed by atoms with Crippen molar-refractivity contribution >= 4 is 11.6 Å². The van der Waals surface area contributed by atoms with Crippen LogP contribution in [0.1, 0.15) is 19.4 Å². The number of hydrogen-bond donors (Lipinski definition) is 2. The topological polar surface area (TPSA) is 88.8 Å². The molecule has 0 radical (unpaired) electrons. The number of benzene rings is 1. The first kappa shape index (κ1) is 15.7. The van der Waals surface area contributed by atoms with Gasteiger partial charge in [-0.25, -0.2) is 4.99 Å². The lowest BCUT2D eigenvalue weighted by Crippen LogP contribution is -2.36. The van der Waals surface area contributed by atoms with Crippen LogP contribution in [0.25, 0.3) is 0 Å². The highest BCUT2D eigenvalue weighted by atomic mass is 16.6. The third kappa shape index (κ3) is 4.42. The van der Waals surface area contributed by atoms with Crippen LogP contribution in [0.15, 0.2) is 23.2 Å². The smallest absolute Gasteiger partial charge is 0.270 e. The van der Waals surface area contributed by atoms with Gasteiger partial charge in [-0.2, -0.15) is 0 Å². The van der Waals surface area contributed by atoms with Gasteiger partial charge in [-0.3, -0.25) is 10.1 Å². The molecule has 0 unspecified atom stereocenters. The molecule has 20 heavy (non-hydrogen) atoms. The summed E-state index contributed by atoms with van der Waals surface area (Å²) in [6.07, 6.45) is 0. The zero-order chi connectivity index (χ0) is 15.0. The lowest BCUT2D eigenvalue weighted by Gasteiger charge is -2.10. The standard InChI is InChI=1S/C13H20N4O3/c1-4-14-13(15-5-2)16-9-10-8-11(17(18)19)6-7-12(10)20-3/h6-8H,4-5,9H2,1-3H3,(H2,14,15,16). The molecule has 110 valence electrons. The monoisotopic (exact) mass is 280 g/mol. The van der Waals surface area contributed by atoms with E-state index < -0.39 is 4.92 Å². The van der Waals surface area contributed by atoms with Crippen molar-refractivity contribution in [3.63, 3.8) is 0 Å². The number of nitro groups is 1. The summed E-state index contributed by atoms with van der Waals surface area (Å²) < 4.78 is 5.20. The van der Waals surface area contributed by atoms with Crippen LogP contribution in [0.3, 0.4) is 0 Å². The van der Waals surface area contributed by atoms with Gasteiger partial charge in [0.2, 0.25) is 0 Å². The number of non-ortho nitro benzene ring substituents is 1. The Labute approximate surface area is 118 Å². The molecule has 1 aromatic rings. The van der Waals surface area contributed by atoms with E-state index in [-0.39, 0.29) is 5.69 Å². The van der Waals surface area contributed by atoms with Gasteiger partial charge in [-0.05, 0) is 19.9 Å². The van der Waals surface area contributed by atoms with Crippen LogP contribution in [-0.2, 0) is 6.54 Å². The van der Waals surface area contributed by atoms with E-state index in [0.29, 0.717) is 23.8 Å². The molecule has 1 rings (SSSR count). The fraction of sp³-hybridized carbons (Fsp3) is 0.462. The van der Waals surface area contributed by atoms with E-state index >= 15 is 0 Å². The van der Waals surface area contributed by atoms with E-state index in [2.05, 4.69) is 15.6 Å². The van der Waals surface area contributed by atoms with Crippen molar-refractivity contribution < 1.29 is 9.66 Å². The zero-order valence-electron chi connectivity index (χ0n) is 12.0. The van der Waals surface area contributed by atoms with Crippen LogP contribution >= 0.6 is 0 Å². The Morgan fingerprint density at radius 3 is 2.50 bits per heavy atom. The van der Waals surface area contributed by atoms with Gasteiger partial charge >= 0.3 is 0 Å². The van der Waals surface area contributed by atoms with Crippen LogP contribution in [0.2, 0.25) is 0 Å². The van der Waals surface area contributed by atoms with Crippen molar-refractivity contribution in [3.8, 4) is 5.75 Å². The van der Waals surface area contributed by atoms with Gasteiger partial charge in [0.05, 0.1) is 18.6 Å². The number of methoxy groups -OCH3 is 1. The van der Waals surface area contributed by atoms with Gasteiger partial charge in [0, 0.05) is 30.8 Å². The number of ether oxygens (including phenoxy) is 1. The molecule has 0 bridgehead atoms. The molecule has 0 atom stereocenters. The summed E-state index contributed by atoms with van der Waals surface area (Å²) in [5.74, 6) is 1.26. The quantitative estimate of drug-likeness (QED) is 0.358. The van der Waals surface area contributed by atoms with Gasteiger partial charge < -0.3 is 15.4 Å². The largest absolute Gasteiger partial charge is 0.496 e. The predicted octanol–water partition coefficient (Wildman–Crippen LogP) is 1.68. The van der Waals surface area contributed by atoms with Gasteiger partial charge in [-0.15, -0.1) is 0 Å². The van der Waals surface area contributed by atoms with Crippen molar-refractivity contribution in [1.82, 2.24) is 10.6 Å². The maximum Gasteiger partial charge on any atom is 0.270 e. The van der Waals surface area contributed by atoms with Crippen LogP contribution in [0.5, 0.6) is 5.75 Å². The second-order valence-corrected chi connectivity index (χ2v) is 3.98. The van der Waals surface area contributed by atoms with Crippen LogP contribution in [-0.4, -0.2) is 31.1 Å². The highest BCUT2D eigenvalue weighted by molar-refractivity contribution is 5.79. The summed E-state index contributed by atoms with van der Waals surface area (Å²) in [6, 6.07) is 4.49. The summed E-state index contributed by atoms with van der Waals surface area (Å²) >= 11 is 0. The molecule has 0 saturated heterocycles. The summed E-state index contributed by atoms with van der Waals surface area (Å²) in [4.78, 5) is 14.7. The molecule has 0 heterocycles. The highest BCUT2D eigenvalue weighted by Crippen LogP contribution is 2.24. The predicted molar refractivity (Wildman–Crippen MR) is 78.1 cm³/mol. The number of nitrogens with one attached hydrogen (secondary N) is 2. The minimum atomic E-state index is -0.428. The van der Waals surface area contributed by atoms with Crippen LogP contribution < -0.4 is 15.4 Å². The van der Waals surface area contributed by atoms with Crippen molar-refractivity contribution in [1.29, 1.82) is 0 Å². The minimum Gasteiger partial charge on any atom is -0.496 e. The lowest BCUT2D eigenvalue weighted by atomic mass is 10.2. The van der Waals surface area contributed by atoms with Gasteiger partial charge in [0.25, 0.3) is 5.69 Å². The molecule has 2 N–H and O–H groups in total. The first-order valence-corrected chi connectivity index (χ1v) is 6.45. The van der Waals surface area contributed by atoms with E-state index in [1.54, 1.807) is 6.07 Å². The maximum absolute atomic E-state index is 10.8. The molecule has 0 aromatic heterocycles. The number of aliphatic imine (C=N–C) groups is 1. The Hall–Kier alpha value is -2.31. The number of nitro benzene ring substituents is 1. The first-order valence-electron chi connectivity index (χ1n) is 6.45. The molecule has 0 aliphatic rings. The molecule has 7 heteroatoms. The maximum atomic E-state index is 10.8. The molecule has 0 aliphatic carbocycles. The Kier molecular flexibility index (Phi) is 6.28. The summed E-state index contributed by atoms with van der Waals surface area (Å²) in [5.41, 5.74) is 0.708. The molecule has 0 aliphatic heterocycles. The molecular weight excluding hydrogens is 260 g/mol. The van der Waals surface area contributed by atoms with E-state index in [4.69, 9.17) is 4.74 Å². The Bertz CT molecular complexity index is 481. The average Bonchev–Trinajstić information content (AvgIpc) is 2.44. The Morgan fingerprint density at radius 1 is 1.35 bits per heavy atom. The van der Waals surface area contributed by atoms with E-state index in [9.17, 15) is 10.1 Å². The van der Waals surface area contributed by atoms with E-state index in [1.807, 2.05) is 13.8 Å². The van der Waals surface area contributed by atoms with Crippen LogP contribution in [0.4, 0.5) is 5.69 Å². The highest BCUT2D eigenvalue weighted by Gasteiger charge is 2.11. The lowest BCUT2D eigenvalue weighted by molar-refractivity contribution is -0.384. The fourth-order valence-corrected chi connectivity index (χ4v) is 1.68. The molecule has 0 fully saturated rings. The SMILES string of the molecule is CCNC(=NCc1cc([N+](=O)[O-])ccc1OC)NCC. The van der Waals surface area contributed by atoms with Crippen molar-refractivity contribution in [3.05, 3.63) is 33.9 Å². The van der Waals surface area contributed by atoms with Crippen molar-refractivity contribution in [2.24, 2.45) is 4.99 Å². The normalized spacial score (nSPS) is 9.75. The minimum absolute atomic E-state index is 0.0319. The number of nitrogens with zero attached hydrogens (tertiary/aromatic N) is 2. The molecular formula is C13H20N4O3. The van der Waals surface area contributed by atoms with Gasteiger partial charge in [-0.1, -0.05) is 0 Å². The molecule has 0 spiro atoms. The van der Waals surface area contributed by atoms with Crippen molar-refractivity contribution in [2.45, 2.75) is 20.4 Å². The zero-order valence-corrected chi connectivity index (χ0v) is 12.0. The third-order valence-electron chi connectivity index (χ3n) is 2.57. The van der Waals surface area contributed by atoms with E-state index in [1.165, 1.54) is 19.2 Å². The van der Waals surface area contributed by atoms with Crippen molar-refractivity contribution in [2.75, 3.05) is 20.2 Å². The summed E-state index contributed by atoms with van der Waals surface area (Å²) in [6.45, 7) is 5.75. The second-order valence-electron chi connectivity index (χ2n) is 3.98. The fourth-order valence-electron chi connectivity index (χ4n) is 1.68. The first-order chi connectivity index (χ1) is 9.62. The van der Waals surface area contributed by atoms with Gasteiger partial charge in [0.15, 0.2) is 5.96 Å². The van der Waals surface area contributed by atoms with Gasteiger partial charge in [0.1, 0.15) is 5.75 Å². The van der Waals surface area contributed by atoms with E-state index in [0.717, 1.165) is 13.1 Å². The molecule has 0 amide bonds. The Morgan fingerprint density at radius 2 is 2.00 bits per heavy atom. The molecule has 7 nitrogen and oxygen atoms in total. The number of hydrogen-bond acceptors (Lipinski definition) is 4. The summed E-state index contributed by atoms with van der Waals surface area (Å²) in [5, 5.41) is 17.0. The average molecular weight is 280 g/mol. The summed E-state index contributed by atoms with van der Waals surface area (Å²) in [7, 11) is 1.53. The number of guanidine groups is 1.